The number of hydrogen-bond donors (Lipinski definition) is 1. The smallest absolute Gasteiger partial charge is 0.319 e. The molecule has 1 aliphatic heterocycles. The number of hydrogen-bond acceptors (Lipinski definition) is 9. The second kappa shape index (κ2) is 10.2. The van der Waals surface area contributed by atoms with Crippen LogP contribution in [0.1, 0.15) is 18.4 Å². The quantitative estimate of drug-likeness (QED) is 0.434. The van der Waals surface area contributed by atoms with E-state index in [2.05, 4.69) is 31.1 Å². The van der Waals surface area contributed by atoms with Crippen molar-refractivity contribution in [1.82, 2.24) is 24.8 Å². The molecule has 0 aliphatic carbocycles. The van der Waals surface area contributed by atoms with Crippen LogP contribution >= 0.6 is 0 Å². The Hall–Kier alpha value is -3.77. The van der Waals surface area contributed by atoms with Crippen LogP contribution in [-0.4, -0.2) is 71.1 Å². The molecule has 0 spiro atoms. The number of rotatable bonds is 7. The molecule has 9 nitrogen and oxygen atoms in total. The summed E-state index contributed by atoms with van der Waals surface area (Å²) >= 11 is 0. The van der Waals surface area contributed by atoms with Crippen LogP contribution in [0.3, 0.4) is 0 Å². The normalized spacial score (nSPS) is 14.3. The van der Waals surface area contributed by atoms with Crippen molar-refractivity contribution in [2.24, 2.45) is 5.92 Å². The zero-order valence-electron chi connectivity index (χ0n) is 18.9. The summed E-state index contributed by atoms with van der Waals surface area (Å²) in [4.78, 5) is 33.7. The summed E-state index contributed by atoms with van der Waals surface area (Å²) in [5, 5.41) is 3.30. The molecule has 1 saturated heterocycles. The number of aromatic nitrogens is 4. The van der Waals surface area contributed by atoms with Gasteiger partial charge in [-0.15, -0.1) is 6.42 Å². The third-order valence-electron chi connectivity index (χ3n) is 5.75. The van der Waals surface area contributed by atoms with Gasteiger partial charge >= 0.3 is 5.97 Å². The van der Waals surface area contributed by atoms with E-state index in [1.807, 2.05) is 36.2 Å². The fourth-order valence-electron chi connectivity index (χ4n) is 4.02. The molecule has 0 amide bonds. The molecule has 9 heteroatoms. The number of likely N-dealkylation sites (N-methyl/N-ethyl adjacent to an activating group) is 1. The third-order valence-corrected chi connectivity index (χ3v) is 5.75. The molecule has 0 radical (unpaired) electrons. The fraction of sp³-hybridized carbons (Fsp3) is 0.375. The van der Waals surface area contributed by atoms with Gasteiger partial charge in [0.25, 0.3) is 0 Å². The molecule has 0 bridgehead atoms. The van der Waals surface area contributed by atoms with Crippen LogP contribution in [0.25, 0.3) is 11.0 Å². The van der Waals surface area contributed by atoms with Crippen molar-refractivity contribution in [3.05, 3.63) is 42.4 Å². The largest absolute Gasteiger partial charge is 0.468 e. The number of terminal acetylenes is 1. The van der Waals surface area contributed by atoms with E-state index in [1.165, 1.54) is 13.4 Å². The van der Waals surface area contributed by atoms with Gasteiger partial charge in [-0.2, -0.15) is 0 Å². The first-order valence-electron chi connectivity index (χ1n) is 10.9. The summed E-state index contributed by atoms with van der Waals surface area (Å²) in [7, 11) is 3.36. The van der Waals surface area contributed by atoms with Gasteiger partial charge in [-0.05, 0) is 44.0 Å². The van der Waals surface area contributed by atoms with Gasteiger partial charge in [0.15, 0.2) is 5.82 Å². The number of methoxy groups -OCH3 is 1. The van der Waals surface area contributed by atoms with Crippen molar-refractivity contribution in [1.29, 1.82) is 0 Å². The molecule has 4 rings (SSSR count). The predicted molar refractivity (Wildman–Crippen MR) is 127 cm³/mol. The molecule has 33 heavy (non-hydrogen) atoms. The second-order valence-corrected chi connectivity index (χ2v) is 8.18. The third kappa shape index (κ3) is 5.54. The van der Waals surface area contributed by atoms with Crippen LogP contribution in [0.4, 0.5) is 17.5 Å². The van der Waals surface area contributed by atoms with Crippen LogP contribution in [0, 0.1) is 18.3 Å². The molecule has 0 atom stereocenters. The van der Waals surface area contributed by atoms with Gasteiger partial charge in [-0.3, -0.25) is 9.69 Å². The zero-order chi connectivity index (χ0) is 23.2. The molecule has 1 fully saturated rings. The number of ether oxygens (including phenoxy) is 1. The lowest BCUT2D eigenvalue weighted by atomic mass is 9.96. The summed E-state index contributed by atoms with van der Waals surface area (Å²) in [6, 6.07) is 7.59. The van der Waals surface area contributed by atoms with E-state index < -0.39 is 0 Å². The maximum atomic E-state index is 11.5. The molecule has 1 aromatic carbocycles. The van der Waals surface area contributed by atoms with E-state index in [0.29, 0.717) is 35.3 Å². The van der Waals surface area contributed by atoms with Gasteiger partial charge in [-0.1, -0.05) is 12.0 Å². The van der Waals surface area contributed by atoms with Gasteiger partial charge in [0.1, 0.15) is 17.4 Å². The van der Waals surface area contributed by atoms with E-state index >= 15 is 0 Å². The number of anilines is 3. The van der Waals surface area contributed by atoms with Crippen molar-refractivity contribution in [2.45, 2.75) is 12.8 Å². The van der Waals surface area contributed by atoms with Gasteiger partial charge in [0, 0.05) is 30.9 Å². The van der Waals surface area contributed by atoms with E-state index in [1.54, 1.807) is 6.20 Å². The Morgan fingerprint density at radius 2 is 2.12 bits per heavy atom. The highest BCUT2D eigenvalue weighted by molar-refractivity contribution is 5.87. The summed E-state index contributed by atoms with van der Waals surface area (Å²) in [6.45, 7) is 2.87. The predicted octanol–water partition coefficient (Wildman–Crippen LogP) is 2.47. The van der Waals surface area contributed by atoms with Crippen LogP contribution < -0.4 is 10.2 Å². The molecule has 2 aromatic heterocycles. The Balaban J connectivity index is 1.45. The number of carbonyl (C=O) groups is 1. The van der Waals surface area contributed by atoms with Crippen molar-refractivity contribution in [3.8, 4) is 12.3 Å². The van der Waals surface area contributed by atoms with Gasteiger partial charge < -0.3 is 15.0 Å². The highest BCUT2D eigenvalue weighted by Gasteiger charge is 2.23. The lowest BCUT2D eigenvalue weighted by molar-refractivity contribution is -0.141. The molecule has 170 valence electrons. The summed E-state index contributed by atoms with van der Waals surface area (Å²) < 4.78 is 4.75. The van der Waals surface area contributed by atoms with Crippen molar-refractivity contribution in [2.75, 3.05) is 50.6 Å². The number of benzene rings is 1. The first-order chi connectivity index (χ1) is 16.1. The van der Waals surface area contributed by atoms with Crippen molar-refractivity contribution in [3.63, 3.8) is 0 Å². The maximum absolute atomic E-state index is 11.5. The first-order valence-corrected chi connectivity index (χ1v) is 10.9. The fourth-order valence-corrected chi connectivity index (χ4v) is 4.02. The Morgan fingerprint density at radius 1 is 1.30 bits per heavy atom. The van der Waals surface area contributed by atoms with E-state index in [-0.39, 0.29) is 5.97 Å². The average Bonchev–Trinajstić information content (AvgIpc) is 2.84. The van der Waals surface area contributed by atoms with Crippen LogP contribution in [0.15, 0.2) is 36.8 Å². The van der Waals surface area contributed by atoms with E-state index in [0.717, 1.165) is 43.7 Å². The first kappa shape index (κ1) is 22.4. The number of nitrogens with zero attached hydrogens (tertiary/aromatic N) is 6. The second-order valence-electron chi connectivity index (χ2n) is 8.18. The molecule has 1 N–H and O–H groups in total. The highest BCUT2D eigenvalue weighted by atomic mass is 16.5. The Labute approximate surface area is 193 Å². The zero-order valence-corrected chi connectivity index (χ0v) is 18.9. The lowest BCUT2D eigenvalue weighted by Crippen LogP contribution is -2.39. The summed E-state index contributed by atoms with van der Waals surface area (Å²) in [6.07, 6.45) is 10.8. The number of piperidine rings is 1. The van der Waals surface area contributed by atoms with Crippen LogP contribution in [0.2, 0.25) is 0 Å². The van der Waals surface area contributed by atoms with Crippen molar-refractivity contribution < 1.29 is 9.53 Å². The molecular weight excluding hydrogens is 418 g/mol. The molecule has 1 aliphatic rings. The van der Waals surface area contributed by atoms with E-state index in [9.17, 15) is 4.79 Å². The topological polar surface area (TPSA) is 96.4 Å². The molecule has 0 unspecified atom stereocenters. The van der Waals surface area contributed by atoms with Gasteiger partial charge in [0.05, 0.1) is 19.9 Å². The SMILES string of the molecule is C#Cc1cccc(Nc2ncnc3cnc(N4CCC(CN(C)CC(=O)OC)CC4)nc23)c1. The summed E-state index contributed by atoms with van der Waals surface area (Å²) in [5.74, 6) is 4.22. The number of esters is 1. The van der Waals surface area contributed by atoms with Crippen LogP contribution in [-0.2, 0) is 9.53 Å². The number of fused-ring (bicyclic) bond motifs is 1. The monoisotopic (exact) mass is 445 g/mol. The lowest BCUT2D eigenvalue weighted by Gasteiger charge is -2.33. The molecule has 0 saturated carbocycles. The Morgan fingerprint density at radius 3 is 2.88 bits per heavy atom. The minimum absolute atomic E-state index is 0.211. The van der Waals surface area contributed by atoms with Gasteiger partial charge in [-0.25, -0.2) is 19.9 Å². The molecule has 3 aromatic rings. The van der Waals surface area contributed by atoms with Crippen LogP contribution in [0.5, 0.6) is 0 Å². The number of nitrogens with one attached hydrogen (secondary N) is 1. The average molecular weight is 446 g/mol. The molecule has 3 heterocycles. The maximum Gasteiger partial charge on any atom is 0.319 e. The Bertz CT molecular complexity index is 1170. The minimum atomic E-state index is -0.211. The number of carbonyl (C=O) groups excluding carboxylic acids is 1. The van der Waals surface area contributed by atoms with Gasteiger partial charge in [0.2, 0.25) is 5.95 Å². The van der Waals surface area contributed by atoms with Crippen molar-refractivity contribution >= 4 is 34.5 Å². The standard InChI is InChI=1S/C24H27N7O2/c1-4-17-6-5-7-19(12-17)28-23-22-20(26-16-27-23)13-25-24(29-22)31-10-8-18(9-11-31)14-30(2)15-21(32)33-3/h1,5-7,12-13,16,18H,8-11,14-15H2,2-3H3,(H,26,27,28). The minimum Gasteiger partial charge on any atom is -0.468 e. The highest BCUT2D eigenvalue weighted by Crippen LogP contribution is 2.26. The summed E-state index contributed by atoms with van der Waals surface area (Å²) in [5.41, 5.74) is 2.95. The molecular formula is C24H27N7O2. The Kier molecular flexibility index (Phi) is 6.95. The van der Waals surface area contributed by atoms with E-state index in [4.69, 9.17) is 16.1 Å².